The highest BCUT2D eigenvalue weighted by atomic mass is 16.4. The Balaban J connectivity index is 2.17. The lowest BCUT2D eigenvalue weighted by molar-refractivity contribution is -0.149. The number of hydrogen-bond acceptors (Lipinski definition) is 5. The Hall–Kier alpha value is -2.42. The van der Waals surface area contributed by atoms with Crippen molar-refractivity contribution in [2.75, 3.05) is 6.54 Å². The van der Waals surface area contributed by atoms with Crippen molar-refractivity contribution in [2.24, 2.45) is 11.7 Å². The number of carbonyl (C=O) groups is 3. The number of imidazole rings is 1. The third kappa shape index (κ3) is 4.56. The number of carbonyl (C=O) groups excluding carboxylic acids is 2. The first-order valence-electron chi connectivity index (χ1n) is 8.37. The summed E-state index contributed by atoms with van der Waals surface area (Å²) in [5.74, 6) is -1.96. The maximum atomic E-state index is 12.9. The number of aromatic nitrogens is 2. The van der Waals surface area contributed by atoms with Crippen molar-refractivity contribution in [3.63, 3.8) is 0 Å². The number of H-pyrrole nitrogens is 1. The van der Waals surface area contributed by atoms with Gasteiger partial charge in [0.15, 0.2) is 0 Å². The van der Waals surface area contributed by atoms with Gasteiger partial charge in [0.25, 0.3) is 0 Å². The molecule has 2 heterocycles. The van der Waals surface area contributed by atoms with Gasteiger partial charge in [-0.1, -0.05) is 13.8 Å². The Kier molecular flexibility index (Phi) is 6.13. The number of hydrogen-bond donors (Lipinski definition) is 4. The zero-order valence-electron chi connectivity index (χ0n) is 14.4. The molecule has 5 N–H and O–H groups in total. The second-order valence-corrected chi connectivity index (χ2v) is 6.64. The minimum atomic E-state index is -1.03. The predicted molar refractivity (Wildman–Crippen MR) is 89.4 cm³/mol. The summed E-state index contributed by atoms with van der Waals surface area (Å²) >= 11 is 0. The lowest BCUT2D eigenvalue weighted by Crippen LogP contribution is -2.56. The number of carboxylic acid groups (broad SMARTS) is 1. The van der Waals surface area contributed by atoms with Crippen molar-refractivity contribution < 1.29 is 19.5 Å². The lowest BCUT2D eigenvalue weighted by atomic mass is 10.0. The fraction of sp³-hybridized carbons (Fsp3) is 0.625. The molecule has 138 valence electrons. The SMILES string of the molecule is CC(C)C(N)C(=O)NC(Cc1cnc[nH]1)C(=O)N1CCCC1C(=O)O. The number of aromatic amines is 1. The molecule has 9 heteroatoms. The van der Waals surface area contributed by atoms with Crippen LogP contribution in [0, 0.1) is 5.92 Å². The van der Waals surface area contributed by atoms with Crippen LogP contribution in [-0.2, 0) is 20.8 Å². The Labute approximate surface area is 146 Å². The average molecular weight is 351 g/mol. The van der Waals surface area contributed by atoms with E-state index in [4.69, 9.17) is 5.73 Å². The van der Waals surface area contributed by atoms with Gasteiger partial charge in [0, 0.05) is 24.9 Å². The van der Waals surface area contributed by atoms with Crippen molar-refractivity contribution >= 4 is 17.8 Å². The second-order valence-electron chi connectivity index (χ2n) is 6.64. The lowest BCUT2D eigenvalue weighted by Gasteiger charge is -2.28. The van der Waals surface area contributed by atoms with Gasteiger partial charge in [0.1, 0.15) is 12.1 Å². The van der Waals surface area contributed by atoms with Gasteiger partial charge in [-0.2, -0.15) is 0 Å². The maximum Gasteiger partial charge on any atom is 0.326 e. The van der Waals surface area contributed by atoms with Gasteiger partial charge in [-0.25, -0.2) is 9.78 Å². The van der Waals surface area contributed by atoms with E-state index >= 15 is 0 Å². The van der Waals surface area contributed by atoms with Gasteiger partial charge in [-0.15, -0.1) is 0 Å². The number of nitrogens with two attached hydrogens (primary N) is 1. The molecule has 1 fully saturated rings. The summed E-state index contributed by atoms with van der Waals surface area (Å²) in [6.45, 7) is 4.00. The van der Waals surface area contributed by atoms with Crippen LogP contribution in [0.1, 0.15) is 32.4 Å². The van der Waals surface area contributed by atoms with Crippen LogP contribution in [-0.4, -0.2) is 62.4 Å². The highest BCUT2D eigenvalue weighted by Crippen LogP contribution is 2.19. The second kappa shape index (κ2) is 8.11. The normalized spacial score (nSPS) is 19.7. The molecule has 1 saturated heterocycles. The van der Waals surface area contributed by atoms with Crippen LogP contribution in [0.4, 0.5) is 0 Å². The highest BCUT2D eigenvalue weighted by molar-refractivity contribution is 5.92. The Morgan fingerprint density at radius 2 is 2.20 bits per heavy atom. The van der Waals surface area contributed by atoms with Gasteiger partial charge < -0.3 is 26.0 Å². The molecule has 2 amide bonds. The Morgan fingerprint density at radius 1 is 1.48 bits per heavy atom. The molecule has 0 saturated carbocycles. The van der Waals surface area contributed by atoms with Crippen molar-refractivity contribution in [2.45, 2.75) is 51.2 Å². The summed E-state index contributed by atoms with van der Waals surface area (Å²) in [6.07, 6.45) is 4.27. The first-order valence-corrected chi connectivity index (χ1v) is 8.37. The number of aliphatic carboxylic acids is 1. The first kappa shape index (κ1) is 18.9. The maximum absolute atomic E-state index is 12.9. The number of nitrogens with zero attached hydrogens (tertiary/aromatic N) is 2. The van der Waals surface area contributed by atoms with Crippen LogP contribution >= 0.6 is 0 Å². The molecule has 0 radical (unpaired) electrons. The van der Waals surface area contributed by atoms with E-state index in [2.05, 4.69) is 15.3 Å². The third-order valence-electron chi connectivity index (χ3n) is 4.44. The molecule has 0 aliphatic carbocycles. The van der Waals surface area contributed by atoms with E-state index in [1.165, 1.54) is 11.2 Å². The molecular weight excluding hydrogens is 326 g/mol. The number of rotatable bonds is 7. The topological polar surface area (TPSA) is 141 Å². The van der Waals surface area contributed by atoms with Gasteiger partial charge in [-0.05, 0) is 18.8 Å². The molecular formula is C16H25N5O4. The van der Waals surface area contributed by atoms with E-state index in [0.29, 0.717) is 25.1 Å². The Bertz CT molecular complexity index is 616. The molecule has 25 heavy (non-hydrogen) atoms. The number of amides is 2. The average Bonchev–Trinajstić information content (AvgIpc) is 3.23. The summed E-state index contributed by atoms with van der Waals surface area (Å²) < 4.78 is 0. The van der Waals surface area contributed by atoms with E-state index in [-0.39, 0.29) is 12.3 Å². The minimum Gasteiger partial charge on any atom is -0.480 e. The number of carboxylic acids is 1. The van der Waals surface area contributed by atoms with Crippen molar-refractivity contribution in [1.82, 2.24) is 20.2 Å². The van der Waals surface area contributed by atoms with E-state index in [0.717, 1.165) is 0 Å². The number of likely N-dealkylation sites (tertiary alicyclic amines) is 1. The van der Waals surface area contributed by atoms with Crippen LogP contribution in [0.3, 0.4) is 0 Å². The van der Waals surface area contributed by atoms with Crippen molar-refractivity contribution in [3.8, 4) is 0 Å². The molecule has 3 atom stereocenters. The van der Waals surface area contributed by atoms with Crippen LogP contribution < -0.4 is 11.1 Å². The van der Waals surface area contributed by atoms with Crippen LogP contribution in [0.25, 0.3) is 0 Å². The summed E-state index contributed by atoms with van der Waals surface area (Å²) in [7, 11) is 0. The quantitative estimate of drug-likeness (QED) is 0.521. The summed E-state index contributed by atoms with van der Waals surface area (Å²) in [5, 5.41) is 12.0. The third-order valence-corrected chi connectivity index (χ3v) is 4.44. The standard InChI is InChI=1S/C16H25N5O4/c1-9(2)13(17)14(22)20-11(6-10-7-18-8-19-10)15(23)21-5-3-4-12(21)16(24)25/h7-9,11-13H,3-6,17H2,1-2H3,(H,18,19)(H,20,22)(H,24,25). The molecule has 1 aromatic heterocycles. The van der Waals surface area contributed by atoms with Gasteiger partial charge in [-0.3, -0.25) is 9.59 Å². The van der Waals surface area contributed by atoms with E-state index in [1.54, 1.807) is 6.20 Å². The molecule has 3 unspecified atom stereocenters. The molecule has 0 spiro atoms. The summed E-state index contributed by atoms with van der Waals surface area (Å²) in [4.78, 5) is 44.7. The van der Waals surface area contributed by atoms with Gasteiger partial charge >= 0.3 is 5.97 Å². The highest BCUT2D eigenvalue weighted by Gasteiger charge is 2.38. The number of nitrogens with one attached hydrogen (secondary N) is 2. The fourth-order valence-corrected chi connectivity index (χ4v) is 2.87. The predicted octanol–water partition coefficient (Wildman–Crippen LogP) is -0.504. The van der Waals surface area contributed by atoms with Crippen LogP contribution in [0.15, 0.2) is 12.5 Å². The van der Waals surface area contributed by atoms with Crippen molar-refractivity contribution in [1.29, 1.82) is 0 Å². The fourth-order valence-electron chi connectivity index (χ4n) is 2.87. The monoisotopic (exact) mass is 351 g/mol. The Morgan fingerprint density at radius 3 is 2.76 bits per heavy atom. The molecule has 1 aromatic rings. The van der Waals surface area contributed by atoms with Gasteiger partial charge in [0.2, 0.25) is 11.8 Å². The zero-order valence-corrected chi connectivity index (χ0v) is 14.4. The van der Waals surface area contributed by atoms with E-state index in [1.807, 2.05) is 13.8 Å². The van der Waals surface area contributed by atoms with Crippen molar-refractivity contribution in [3.05, 3.63) is 18.2 Å². The molecule has 0 bridgehead atoms. The summed E-state index contributed by atoms with van der Waals surface area (Å²) in [6, 6.07) is -2.49. The molecule has 2 rings (SSSR count). The summed E-state index contributed by atoms with van der Waals surface area (Å²) in [5.41, 5.74) is 6.53. The zero-order chi connectivity index (χ0) is 18.6. The largest absolute Gasteiger partial charge is 0.480 e. The molecule has 0 aromatic carbocycles. The van der Waals surface area contributed by atoms with E-state index < -0.39 is 35.9 Å². The van der Waals surface area contributed by atoms with Crippen LogP contribution in [0.2, 0.25) is 0 Å². The molecule has 1 aliphatic heterocycles. The first-order chi connectivity index (χ1) is 11.8. The minimum absolute atomic E-state index is 0.0820. The van der Waals surface area contributed by atoms with Crippen LogP contribution in [0.5, 0.6) is 0 Å². The molecule has 9 nitrogen and oxygen atoms in total. The smallest absolute Gasteiger partial charge is 0.326 e. The van der Waals surface area contributed by atoms with Gasteiger partial charge in [0.05, 0.1) is 12.4 Å². The molecule has 1 aliphatic rings. The van der Waals surface area contributed by atoms with E-state index in [9.17, 15) is 19.5 Å².